The third kappa shape index (κ3) is 5.47. The number of alkyl halides is 3. The van der Waals surface area contributed by atoms with Crippen LogP contribution in [0.15, 0.2) is 24.3 Å². The Hall–Kier alpha value is -2.05. The lowest BCUT2D eigenvalue weighted by molar-refractivity contribution is -0.137. The molecule has 0 bridgehead atoms. The maximum atomic E-state index is 12.7. The smallest absolute Gasteiger partial charge is 0.343 e. The van der Waals surface area contributed by atoms with Crippen molar-refractivity contribution >= 4 is 11.8 Å². The van der Waals surface area contributed by atoms with E-state index in [-0.39, 0.29) is 18.0 Å². The number of rotatable bonds is 5. The minimum Gasteiger partial charge on any atom is -0.343 e. The summed E-state index contributed by atoms with van der Waals surface area (Å²) in [6.07, 6.45) is -2.61. The van der Waals surface area contributed by atoms with E-state index in [1.165, 1.54) is 18.1 Å². The van der Waals surface area contributed by atoms with Gasteiger partial charge in [-0.05, 0) is 42.9 Å². The Morgan fingerprint density at radius 2 is 2.00 bits per heavy atom. The van der Waals surface area contributed by atoms with Gasteiger partial charge in [-0.15, -0.1) is 0 Å². The van der Waals surface area contributed by atoms with Gasteiger partial charge in [-0.1, -0.05) is 19.9 Å². The Morgan fingerprint density at radius 1 is 1.28 bits per heavy atom. The molecule has 0 unspecified atom stereocenters. The van der Waals surface area contributed by atoms with Gasteiger partial charge in [0, 0.05) is 18.7 Å². The van der Waals surface area contributed by atoms with Crippen LogP contribution in [0, 0.1) is 11.8 Å². The minimum atomic E-state index is -4.51. The Labute approximate surface area is 145 Å². The lowest BCUT2D eigenvalue weighted by Gasteiger charge is -2.17. The third-order valence-electron chi connectivity index (χ3n) is 4.19. The van der Waals surface area contributed by atoms with Gasteiger partial charge < -0.3 is 10.2 Å². The molecule has 1 aliphatic rings. The summed E-state index contributed by atoms with van der Waals surface area (Å²) in [4.78, 5) is 25.9. The van der Waals surface area contributed by atoms with Crippen molar-refractivity contribution in [3.63, 3.8) is 0 Å². The summed E-state index contributed by atoms with van der Waals surface area (Å²) < 4.78 is 38.0. The molecule has 1 aromatic carbocycles. The van der Waals surface area contributed by atoms with E-state index in [0.717, 1.165) is 25.0 Å². The van der Waals surface area contributed by atoms with E-state index in [1.807, 2.05) is 0 Å². The molecular weight excluding hydrogens is 333 g/mol. The zero-order valence-corrected chi connectivity index (χ0v) is 14.3. The molecule has 4 nitrogen and oxygen atoms in total. The lowest BCUT2D eigenvalue weighted by atomic mass is 9.97. The normalized spacial score (nSPS) is 17.8. The van der Waals surface area contributed by atoms with Crippen LogP contribution >= 0.6 is 0 Å². The van der Waals surface area contributed by atoms with Crippen molar-refractivity contribution in [2.24, 2.45) is 5.92 Å². The van der Waals surface area contributed by atoms with E-state index in [2.05, 4.69) is 19.2 Å². The number of benzene rings is 1. The van der Waals surface area contributed by atoms with Crippen LogP contribution in [0.2, 0.25) is 0 Å². The Morgan fingerprint density at radius 3 is 2.64 bits per heavy atom. The molecule has 0 aliphatic carbocycles. The number of nitrogens with one attached hydrogen (secondary N) is 1. The molecule has 0 spiro atoms. The van der Waals surface area contributed by atoms with E-state index in [4.69, 9.17) is 0 Å². The predicted octanol–water partition coefficient (Wildman–Crippen LogP) is 3.29. The number of carbonyl (C=O) groups is 2. The monoisotopic (exact) mass is 355 g/mol. The third-order valence-corrected chi connectivity index (χ3v) is 4.19. The second-order valence-corrected chi connectivity index (χ2v) is 6.67. The molecule has 1 heterocycles. The molecule has 0 saturated carbocycles. The molecule has 1 atom stereocenters. The van der Waals surface area contributed by atoms with Gasteiger partial charge in [-0.25, -0.2) is 0 Å². The molecule has 1 radical (unpaired) electrons. The Bertz CT molecular complexity index is 629. The van der Waals surface area contributed by atoms with Crippen LogP contribution in [-0.2, 0) is 11.0 Å². The fourth-order valence-corrected chi connectivity index (χ4v) is 3.01. The van der Waals surface area contributed by atoms with Gasteiger partial charge in [-0.2, -0.15) is 13.2 Å². The van der Waals surface area contributed by atoms with Crippen LogP contribution in [0.3, 0.4) is 0 Å². The fourth-order valence-electron chi connectivity index (χ4n) is 3.01. The molecule has 1 aromatic rings. The fraction of sp³-hybridized carbons (Fsp3) is 0.500. The second kappa shape index (κ2) is 7.89. The topological polar surface area (TPSA) is 49.4 Å². The van der Waals surface area contributed by atoms with Crippen molar-refractivity contribution < 1.29 is 22.8 Å². The average molecular weight is 355 g/mol. The van der Waals surface area contributed by atoms with Crippen molar-refractivity contribution in [2.75, 3.05) is 19.6 Å². The summed E-state index contributed by atoms with van der Waals surface area (Å²) in [5.41, 5.74) is -1.00. The van der Waals surface area contributed by atoms with Crippen LogP contribution in [-0.4, -0.2) is 36.3 Å². The van der Waals surface area contributed by atoms with Crippen molar-refractivity contribution in [1.29, 1.82) is 0 Å². The molecule has 1 aliphatic heterocycles. The summed E-state index contributed by atoms with van der Waals surface area (Å²) in [6.45, 7) is 5.20. The number of hydrogen-bond acceptors (Lipinski definition) is 2. The van der Waals surface area contributed by atoms with Gasteiger partial charge in [0.1, 0.15) is 0 Å². The number of carbonyl (C=O) groups excluding carboxylic acids is 2. The molecule has 2 amide bonds. The highest BCUT2D eigenvalue weighted by atomic mass is 19.4. The SMILES string of the molecule is C[C](C)C[C@H]1CCN(C(=O)CNC(=O)c2cccc(C(F)(F)F)c2)C1. The quantitative estimate of drug-likeness (QED) is 0.881. The first-order valence-electron chi connectivity index (χ1n) is 8.19. The number of hydrogen-bond donors (Lipinski definition) is 1. The summed E-state index contributed by atoms with van der Waals surface area (Å²) in [5, 5.41) is 2.41. The maximum absolute atomic E-state index is 12.7. The summed E-state index contributed by atoms with van der Waals surface area (Å²) in [6, 6.07) is 4.15. The first-order chi connectivity index (χ1) is 11.7. The Balaban J connectivity index is 1.87. The second-order valence-electron chi connectivity index (χ2n) is 6.67. The number of halogens is 3. The summed E-state index contributed by atoms with van der Waals surface area (Å²) in [7, 11) is 0. The van der Waals surface area contributed by atoms with Crippen molar-refractivity contribution in [3.8, 4) is 0 Å². The molecule has 0 aromatic heterocycles. The van der Waals surface area contributed by atoms with Gasteiger partial charge in [-0.3, -0.25) is 9.59 Å². The molecule has 2 rings (SSSR count). The standard InChI is InChI=1S/C18H22F3N2O2/c1-12(2)8-13-6-7-23(11-13)16(24)10-22-17(25)14-4-3-5-15(9-14)18(19,20)21/h3-5,9,13H,6-8,10-11H2,1-2H3,(H,22,25)/t13-/m1/s1. The molecular formula is C18H22F3N2O2. The maximum Gasteiger partial charge on any atom is 0.416 e. The van der Waals surface area contributed by atoms with Gasteiger partial charge in [0.25, 0.3) is 5.91 Å². The molecule has 137 valence electrons. The summed E-state index contributed by atoms with van der Waals surface area (Å²) in [5.74, 6) is 0.856. The predicted molar refractivity (Wildman–Crippen MR) is 87.7 cm³/mol. The van der Waals surface area contributed by atoms with E-state index in [1.54, 1.807) is 4.90 Å². The minimum absolute atomic E-state index is 0.113. The van der Waals surface area contributed by atoms with Crippen LogP contribution in [0.5, 0.6) is 0 Å². The first kappa shape index (κ1) is 19.3. The van der Waals surface area contributed by atoms with Crippen molar-refractivity contribution in [3.05, 3.63) is 41.3 Å². The average Bonchev–Trinajstić information content (AvgIpc) is 2.99. The van der Waals surface area contributed by atoms with E-state index < -0.39 is 17.6 Å². The van der Waals surface area contributed by atoms with Gasteiger partial charge in [0.15, 0.2) is 0 Å². The van der Waals surface area contributed by atoms with E-state index in [0.29, 0.717) is 19.0 Å². The van der Waals surface area contributed by atoms with Gasteiger partial charge in [0.2, 0.25) is 5.91 Å². The number of amides is 2. The Kier molecular flexibility index (Phi) is 6.08. The van der Waals surface area contributed by atoms with Crippen LogP contribution in [0.4, 0.5) is 13.2 Å². The highest BCUT2D eigenvalue weighted by Gasteiger charge is 2.31. The van der Waals surface area contributed by atoms with E-state index >= 15 is 0 Å². The van der Waals surface area contributed by atoms with Gasteiger partial charge >= 0.3 is 6.18 Å². The summed E-state index contributed by atoms with van der Waals surface area (Å²) >= 11 is 0. The number of nitrogens with zero attached hydrogens (tertiary/aromatic N) is 1. The molecule has 7 heteroatoms. The molecule has 1 saturated heterocycles. The highest BCUT2D eigenvalue weighted by molar-refractivity contribution is 5.96. The molecule has 1 N–H and O–H groups in total. The van der Waals surface area contributed by atoms with Crippen LogP contribution in [0.25, 0.3) is 0 Å². The lowest BCUT2D eigenvalue weighted by Crippen LogP contribution is -2.39. The zero-order valence-electron chi connectivity index (χ0n) is 14.3. The van der Waals surface area contributed by atoms with Crippen molar-refractivity contribution in [1.82, 2.24) is 10.2 Å². The van der Waals surface area contributed by atoms with Crippen LogP contribution in [0.1, 0.15) is 42.6 Å². The first-order valence-corrected chi connectivity index (χ1v) is 8.19. The van der Waals surface area contributed by atoms with E-state index in [9.17, 15) is 22.8 Å². The van der Waals surface area contributed by atoms with Crippen molar-refractivity contribution in [2.45, 2.75) is 32.9 Å². The van der Waals surface area contributed by atoms with Gasteiger partial charge in [0.05, 0.1) is 12.1 Å². The molecule has 1 fully saturated rings. The largest absolute Gasteiger partial charge is 0.416 e. The molecule has 25 heavy (non-hydrogen) atoms. The highest BCUT2D eigenvalue weighted by Crippen LogP contribution is 2.29. The van der Waals surface area contributed by atoms with Crippen LogP contribution < -0.4 is 5.32 Å². The zero-order chi connectivity index (χ0) is 18.6. The number of likely N-dealkylation sites (tertiary alicyclic amines) is 1.